The number of carbonyl (C=O) groups is 1. The molecule has 0 amide bonds. The quantitative estimate of drug-likeness (QED) is 0.630. The molecule has 1 heterocycles. The molecule has 2 N–H and O–H groups in total. The standard InChI is InChI=1S/C26H28N2O3/c1-5-27-21-13-23-19(11-15(21)3)25(17-9-7-8-10-18(17)26(29)30)20-12-16(4)22(28-6-2)14-24(20)31-23/h7-13,20,25,27H,5-6,14H2,1-4H3/p+1/t20-,25+/m1/s1. The van der Waals surface area contributed by atoms with E-state index < -0.39 is 5.97 Å². The second-order valence-corrected chi connectivity index (χ2v) is 8.15. The average Bonchev–Trinajstić information content (AvgIpc) is 2.74. The minimum absolute atomic E-state index is 0.0341. The zero-order valence-corrected chi connectivity index (χ0v) is 18.5. The van der Waals surface area contributed by atoms with Crippen LogP contribution in [0.15, 0.2) is 53.0 Å². The molecule has 5 nitrogen and oxygen atoms in total. The second-order valence-electron chi connectivity index (χ2n) is 8.15. The number of ketones is 1. The highest BCUT2D eigenvalue weighted by Crippen LogP contribution is 2.47. The Labute approximate surface area is 183 Å². The summed E-state index contributed by atoms with van der Waals surface area (Å²) in [6, 6.07) is 11.5. The Morgan fingerprint density at radius 3 is 2.68 bits per heavy atom. The van der Waals surface area contributed by atoms with Crippen LogP contribution in [0.1, 0.15) is 60.2 Å². The Hall–Kier alpha value is -3.21. The molecule has 2 atom stereocenters. The van der Waals surface area contributed by atoms with E-state index >= 15 is 0 Å². The van der Waals surface area contributed by atoms with Crippen molar-refractivity contribution in [3.63, 3.8) is 0 Å². The van der Waals surface area contributed by atoms with Gasteiger partial charge in [-0.15, -0.1) is 0 Å². The number of carboxylic acid groups (broad SMARTS) is 1. The summed E-state index contributed by atoms with van der Waals surface area (Å²) in [5.74, 6) is 0.659. The Balaban J connectivity index is 1.97. The summed E-state index contributed by atoms with van der Waals surface area (Å²) in [5, 5.41) is 13.3. The molecule has 0 spiro atoms. The van der Waals surface area contributed by atoms with Gasteiger partial charge in [-0.3, -0.25) is 4.99 Å². The molecule has 160 valence electrons. The molecular formula is C26H29N2O3+. The first-order valence-electron chi connectivity index (χ1n) is 10.9. The maximum atomic E-state index is 12.1. The number of carboxylic acids is 1. The first-order valence-corrected chi connectivity index (χ1v) is 10.9. The first kappa shape index (κ1) is 21.0. The molecule has 0 bridgehead atoms. The molecule has 1 aliphatic carbocycles. The number of nitrogens with one attached hydrogen (secondary N) is 1. The molecule has 0 saturated carbocycles. The minimum Gasteiger partial charge on any atom is -0.478 e. The number of allylic oxidation sites excluding steroid dienone is 2. The molecular weight excluding hydrogens is 388 g/mol. The van der Waals surface area contributed by atoms with Gasteiger partial charge < -0.3 is 10.4 Å². The Bertz CT molecular complexity index is 1130. The maximum Gasteiger partial charge on any atom is 0.358 e. The van der Waals surface area contributed by atoms with Crippen molar-refractivity contribution in [3.05, 3.63) is 70.3 Å². The van der Waals surface area contributed by atoms with Crippen LogP contribution in [0.25, 0.3) is 0 Å². The summed E-state index contributed by atoms with van der Waals surface area (Å²) in [6.45, 7) is 9.81. The van der Waals surface area contributed by atoms with E-state index in [1.165, 1.54) is 0 Å². The highest BCUT2D eigenvalue weighted by molar-refractivity contribution is 6.15. The lowest BCUT2D eigenvalue weighted by molar-refractivity contribution is -0.374. The number of nitrogens with zero attached hydrogens (tertiary/aromatic N) is 1. The van der Waals surface area contributed by atoms with Gasteiger partial charge >= 0.3 is 17.5 Å². The molecule has 1 aliphatic heterocycles. The zero-order valence-electron chi connectivity index (χ0n) is 18.5. The number of hydrogen-bond donors (Lipinski definition) is 2. The van der Waals surface area contributed by atoms with Crippen LogP contribution in [-0.2, 0) is 4.42 Å². The molecule has 5 heteroatoms. The van der Waals surface area contributed by atoms with Crippen LogP contribution in [0.2, 0.25) is 0 Å². The number of hydrogen-bond acceptors (Lipinski definition) is 3. The summed E-state index contributed by atoms with van der Waals surface area (Å²) < 4.78 is 6.46. The maximum absolute atomic E-state index is 12.1. The number of aliphatic imine (C=N–C) groups is 1. The summed E-state index contributed by atoms with van der Waals surface area (Å²) in [7, 11) is 0. The van der Waals surface area contributed by atoms with E-state index in [4.69, 9.17) is 4.42 Å². The molecule has 4 rings (SSSR count). The number of anilines is 1. The van der Waals surface area contributed by atoms with Gasteiger partial charge in [0, 0.05) is 24.7 Å². The number of aromatic carboxylic acids is 1. The van der Waals surface area contributed by atoms with Crippen molar-refractivity contribution >= 4 is 23.2 Å². The fraction of sp³-hybridized carbons (Fsp3) is 0.346. The third kappa shape index (κ3) is 3.80. The van der Waals surface area contributed by atoms with Crippen molar-refractivity contribution in [2.45, 2.75) is 40.0 Å². The highest BCUT2D eigenvalue weighted by atomic mass is 16.4. The predicted octanol–water partition coefficient (Wildman–Crippen LogP) is 5.52. The minimum atomic E-state index is -0.907. The zero-order chi connectivity index (χ0) is 22.1. The Morgan fingerprint density at radius 1 is 1.19 bits per heavy atom. The van der Waals surface area contributed by atoms with Gasteiger partial charge in [-0.25, -0.2) is 9.22 Å². The van der Waals surface area contributed by atoms with Gasteiger partial charge in [-0.1, -0.05) is 24.3 Å². The first-order chi connectivity index (χ1) is 14.9. The predicted molar refractivity (Wildman–Crippen MR) is 125 cm³/mol. The van der Waals surface area contributed by atoms with Crippen LogP contribution in [0.4, 0.5) is 5.69 Å². The van der Waals surface area contributed by atoms with E-state index in [0.29, 0.717) is 12.0 Å². The van der Waals surface area contributed by atoms with Gasteiger partial charge in [0.1, 0.15) is 12.3 Å². The van der Waals surface area contributed by atoms with E-state index in [-0.39, 0.29) is 11.8 Å². The SMILES string of the molecule is CCN=C1CC2=[O+]c3cc(NCC)c(C)cc3[C@H](c3ccccc3C(=O)O)[C@@H]2C=C1C. The molecule has 2 aromatic carbocycles. The molecule has 2 aromatic rings. The molecule has 0 aromatic heterocycles. The molecule has 0 unspecified atom stereocenters. The monoisotopic (exact) mass is 417 g/mol. The van der Waals surface area contributed by atoms with Gasteiger partial charge in [-0.2, -0.15) is 0 Å². The molecule has 0 radical (unpaired) electrons. The van der Waals surface area contributed by atoms with Crippen molar-refractivity contribution in [1.29, 1.82) is 0 Å². The summed E-state index contributed by atoms with van der Waals surface area (Å²) >= 11 is 0. The van der Waals surface area contributed by atoms with Crippen LogP contribution in [0.5, 0.6) is 5.75 Å². The largest absolute Gasteiger partial charge is 0.478 e. The van der Waals surface area contributed by atoms with Crippen molar-refractivity contribution in [3.8, 4) is 5.75 Å². The number of carbonyl (C=O) groups excluding carboxylic acids is 1. The average molecular weight is 418 g/mol. The Kier molecular flexibility index (Phi) is 5.77. The number of fused-ring (bicyclic) bond motifs is 2. The lowest BCUT2D eigenvalue weighted by Gasteiger charge is -2.29. The highest BCUT2D eigenvalue weighted by Gasteiger charge is 2.46. The van der Waals surface area contributed by atoms with Crippen molar-refractivity contribution in [2.24, 2.45) is 10.9 Å². The van der Waals surface area contributed by atoms with E-state index in [1.807, 2.05) is 19.1 Å². The smallest absolute Gasteiger partial charge is 0.358 e. The van der Waals surface area contributed by atoms with Crippen LogP contribution in [0.3, 0.4) is 0 Å². The van der Waals surface area contributed by atoms with E-state index in [1.54, 1.807) is 12.1 Å². The second kappa shape index (κ2) is 8.50. The fourth-order valence-electron chi connectivity index (χ4n) is 4.72. The third-order valence-corrected chi connectivity index (χ3v) is 6.13. The molecule has 2 aliphatic rings. The normalized spacial score (nSPS) is 21.1. The van der Waals surface area contributed by atoms with Gasteiger partial charge in [0.05, 0.1) is 22.9 Å². The van der Waals surface area contributed by atoms with Crippen molar-refractivity contribution in [2.75, 3.05) is 18.4 Å². The summed E-state index contributed by atoms with van der Waals surface area (Å²) in [4.78, 5) is 16.7. The van der Waals surface area contributed by atoms with E-state index in [2.05, 4.69) is 49.3 Å². The molecule has 31 heavy (non-hydrogen) atoms. The topological polar surface area (TPSA) is 73.0 Å². The lowest BCUT2D eigenvalue weighted by atomic mass is 9.71. The van der Waals surface area contributed by atoms with Gasteiger partial charge in [0.15, 0.2) is 0 Å². The van der Waals surface area contributed by atoms with Gasteiger partial charge in [0.2, 0.25) is 0 Å². The third-order valence-electron chi connectivity index (χ3n) is 6.13. The van der Waals surface area contributed by atoms with Crippen LogP contribution in [0, 0.1) is 12.8 Å². The van der Waals surface area contributed by atoms with E-state index in [9.17, 15) is 9.90 Å². The van der Waals surface area contributed by atoms with Gasteiger partial charge in [-0.05, 0) is 56.5 Å². The van der Waals surface area contributed by atoms with Crippen LogP contribution >= 0.6 is 0 Å². The fourth-order valence-corrected chi connectivity index (χ4v) is 4.72. The van der Waals surface area contributed by atoms with Crippen molar-refractivity contribution < 1.29 is 14.3 Å². The van der Waals surface area contributed by atoms with Crippen molar-refractivity contribution in [1.82, 2.24) is 0 Å². The molecule has 0 fully saturated rings. The summed E-state index contributed by atoms with van der Waals surface area (Å²) in [5.41, 5.74) is 6.53. The van der Waals surface area contributed by atoms with E-state index in [0.717, 1.165) is 58.3 Å². The summed E-state index contributed by atoms with van der Waals surface area (Å²) in [6.07, 6.45) is 2.85. The lowest BCUT2D eigenvalue weighted by Crippen LogP contribution is -2.33. The Morgan fingerprint density at radius 2 is 1.97 bits per heavy atom. The number of rotatable bonds is 5. The van der Waals surface area contributed by atoms with Crippen LogP contribution < -0.4 is 5.32 Å². The van der Waals surface area contributed by atoms with Gasteiger partial charge in [0.25, 0.3) is 0 Å². The van der Waals surface area contributed by atoms with Crippen LogP contribution in [-0.4, -0.2) is 35.7 Å². The number of benzene rings is 2. The molecule has 0 saturated heterocycles. The number of aryl methyl sites for hydroxylation is 1.